The van der Waals surface area contributed by atoms with Gasteiger partial charge >= 0.3 is 18.1 Å². The van der Waals surface area contributed by atoms with Gasteiger partial charge in [-0.05, 0) is 60.9 Å². The quantitative estimate of drug-likeness (QED) is 0.371. The molecule has 2 fully saturated rings. The lowest BCUT2D eigenvalue weighted by Gasteiger charge is -2.47. The maximum absolute atomic E-state index is 13.6. The van der Waals surface area contributed by atoms with Gasteiger partial charge in [-0.1, -0.05) is 6.07 Å². The zero-order valence-electron chi connectivity index (χ0n) is 20.8. The number of carbonyl (C=O) groups is 2. The number of nitrogens with one attached hydrogen (secondary N) is 3. The number of alkyl halides is 3. The van der Waals surface area contributed by atoms with Crippen LogP contribution < -0.4 is 20.6 Å². The van der Waals surface area contributed by atoms with Crippen LogP contribution in [0, 0.1) is 0 Å². The van der Waals surface area contributed by atoms with Crippen molar-refractivity contribution in [1.29, 1.82) is 0 Å². The SMILES string of the molecule is O=C(CC1(N2CCCC2)COC1)Nc1cc(NC(=O)Nc2c[n+](Cc3ccccn3)no2)cc(C(F)(F)F)c1. The Morgan fingerprint density at radius 3 is 2.44 bits per heavy atom. The van der Waals surface area contributed by atoms with Gasteiger partial charge in [0.05, 0.1) is 24.3 Å². The average Bonchev–Trinajstić information content (AvgIpc) is 3.54. The van der Waals surface area contributed by atoms with Crippen LogP contribution in [0.25, 0.3) is 0 Å². The van der Waals surface area contributed by atoms with E-state index in [9.17, 15) is 22.8 Å². The van der Waals surface area contributed by atoms with Crippen LogP contribution in [0.4, 0.5) is 35.2 Å². The average molecular weight is 547 g/mol. The topological polar surface area (TPSA) is 126 Å². The van der Waals surface area contributed by atoms with Gasteiger partial charge in [0.1, 0.15) is 5.69 Å². The third kappa shape index (κ3) is 6.52. The predicted octanol–water partition coefficient (Wildman–Crippen LogP) is 3.26. The summed E-state index contributed by atoms with van der Waals surface area (Å²) in [6.45, 7) is 2.81. The molecule has 0 radical (unpaired) electrons. The van der Waals surface area contributed by atoms with E-state index in [1.807, 2.05) is 6.07 Å². The lowest BCUT2D eigenvalue weighted by Crippen LogP contribution is -2.62. The molecule has 0 aliphatic carbocycles. The van der Waals surface area contributed by atoms with Crippen LogP contribution in [0.15, 0.2) is 53.3 Å². The Morgan fingerprint density at radius 2 is 1.79 bits per heavy atom. The Labute approximate surface area is 221 Å². The summed E-state index contributed by atoms with van der Waals surface area (Å²) in [5.41, 5.74) is -1.01. The summed E-state index contributed by atoms with van der Waals surface area (Å²) in [4.78, 5) is 31.7. The van der Waals surface area contributed by atoms with Gasteiger partial charge in [-0.3, -0.25) is 24.5 Å². The van der Waals surface area contributed by atoms with Gasteiger partial charge < -0.3 is 15.4 Å². The van der Waals surface area contributed by atoms with Crippen molar-refractivity contribution in [2.24, 2.45) is 0 Å². The second-order valence-electron chi connectivity index (χ2n) is 9.60. The van der Waals surface area contributed by atoms with Gasteiger partial charge in [0.2, 0.25) is 17.7 Å². The van der Waals surface area contributed by atoms with Crippen molar-refractivity contribution in [3.63, 3.8) is 0 Å². The summed E-state index contributed by atoms with van der Waals surface area (Å²) in [6, 6.07) is 7.39. The molecule has 0 saturated carbocycles. The predicted molar refractivity (Wildman–Crippen MR) is 132 cm³/mol. The molecular formula is C25H27F3N7O4+. The molecule has 4 heterocycles. The molecule has 2 aliphatic rings. The molecular weight excluding hydrogens is 519 g/mol. The van der Waals surface area contributed by atoms with Gasteiger partial charge in [0.25, 0.3) is 6.20 Å². The fourth-order valence-electron chi connectivity index (χ4n) is 4.71. The molecule has 1 aromatic carbocycles. The smallest absolute Gasteiger partial charge is 0.377 e. The summed E-state index contributed by atoms with van der Waals surface area (Å²) < 4.78 is 52.6. The minimum absolute atomic E-state index is 0.0288. The lowest BCUT2D eigenvalue weighted by atomic mass is 9.90. The maximum Gasteiger partial charge on any atom is 0.416 e. The van der Waals surface area contributed by atoms with Crippen molar-refractivity contribution in [1.82, 2.24) is 15.2 Å². The number of amides is 3. The molecule has 39 heavy (non-hydrogen) atoms. The van der Waals surface area contributed by atoms with Gasteiger partial charge in [-0.2, -0.15) is 13.2 Å². The first-order valence-electron chi connectivity index (χ1n) is 12.4. The number of benzene rings is 1. The Morgan fingerprint density at radius 1 is 1.05 bits per heavy atom. The van der Waals surface area contributed by atoms with Crippen molar-refractivity contribution in [2.75, 3.05) is 42.3 Å². The van der Waals surface area contributed by atoms with E-state index in [0.29, 0.717) is 18.9 Å². The third-order valence-corrected chi connectivity index (χ3v) is 6.61. The minimum Gasteiger partial charge on any atom is -0.377 e. The number of hydrogen-bond acceptors (Lipinski definition) is 7. The second kappa shape index (κ2) is 11.0. The molecule has 0 unspecified atom stereocenters. The van der Waals surface area contributed by atoms with E-state index in [4.69, 9.17) is 9.26 Å². The van der Waals surface area contributed by atoms with E-state index in [-0.39, 0.29) is 30.2 Å². The molecule has 3 aromatic rings. The number of anilines is 3. The van der Waals surface area contributed by atoms with E-state index in [1.165, 1.54) is 16.9 Å². The first-order valence-corrected chi connectivity index (χ1v) is 12.4. The standard InChI is InChI=1S/C25H26F3N7O4/c26-25(27,28)17-9-19(30-21(36)12-24(15-38-16-24)34-7-3-4-8-34)11-20(10-17)31-23(37)32-22-14-35(33-39-22)13-18-5-1-2-6-29-18/h1-2,5-6,9-11,14H,3-4,7-8,12-13,15-16H2,(H2-,30,31,32,33,36,37)/p+1. The number of nitrogens with zero attached hydrogens (tertiary/aromatic N) is 4. The Hall–Kier alpha value is -4.04. The van der Waals surface area contributed by atoms with Gasteiger partial charge in [-0.15, -0.1) is 0 Å². The molecule has 3 N–H and O–H groups in total. The first kappa shape index (κ1) is 26.6. The van der Waals surface area contributed by atoms with E-state index in [0.717, 1.165) is 38.1 Å². The van der Waals surface area contributed by atoms with Crippen molar-refractivity contribution in [2.45, 2.75) is 37.5 Å². The molecule has 0 spiro atoms. The highest BCUT2D eigenvalue weighted by Gasteiger charge is 2.46. The van der Waals surface area contributed by atoms with Crippen LogP contribution in [-0.4, -0.2) is 58.9 Å². The molecule has 11 nitrogen and oxygen atoms in total. The van der Waals surface area contributed by atoms with E-state index in [1.54, 1.807) is 18.3 Å². The maximum atomic E-state index is 13.6. The fraction of sp³-hybridized carbons (Fsp3) is 0.400. The van der Waals surface area contributed by atoms with Gasteiger partial charge in [0.15, 0.2) is 0 Å². The highest BCUT2D eigenvalue weighted by atomic mass is 19.4. The zero-order chi connectivity index (χ0) is 27.5. The number of rotatable bonds is 8. The highest BCUT2D eigenvalue weighted by molar-refractivity contribution is 5.99. The monoisotopic (exact) mass is 546 g/mol. The molecule has 206 valence electrons. The normalized spacial score (nSPS) is 16.9. The number of hydrogen-bond donors (Lipinski definition) is 3. The third-order valence-electron chi connectivity index (χ3n) is 6.61. The summed E-state index contributed by atoms with van der Waals surface area (Å²) in [7, 11) is 0. The fourth-order valence-corrected chi connectivity index (χ4v) is 4.71. The minimum atomic E-state index is -4.70. The molecule has 0 bridgehead atoms. The highest BCUT2D eigenvalue weighted by Crippen LogP contribution is 2.35. The van der Waals surface area contributed by atoms with Gasteiger partial charge in [-0.25, -0.2) is 4.79 Å². The van der Waals surface area contributed by atoms with Crippen molar-refractivity contribution in [3.05, 3.63) is 60.0 Å². The van der Waals surface area contributed by atoms with E-state index >= 15 is 0 Å². The first-order chi connectivity index (χ1) is 18.7. The van der Waals surface area contributed by atoms with Crippen LogP contribution in [0.1, 0.15) is 30.5 Å². The number of pyridine rings is 1. The number of carbonyl (C=O) groups excluding carboxylic acids is 2. The number of ether oxygens (including phenoxy) is 1. The van der Waals surface area contributed by atoms with Crippen LogP contribution in [0.2, 0.25) is 0 Å². The van der Waals surface area contributed by atoms with E-state index < -0.39 is 29.2 Å². The van der Waals surface area contributed by atoms with Crippen LogP contribution in [0.5, 0.6) is 0 Å². The molecule has 14 heteroatoms. The number of halogens is 3. The van der Waals surface area contributed by atoms with E-state index in [2.05, 4.69) is 31.1 Å². The Bertz CT molecular complexity index is 1320. The number of urea groups is 1. The molecule has 5 rings (SSSR count). The molecule has 3 amide bonds. The summed E-state index contributed by atoms with van der Waals surface area (Å²) in [5.74, 6) is -0.460. The van der Waals surface area contributed by atoms with Crippen molar-refractivity contribution in [3.8, 4) is 0 Å². The van der Waals surface area contributed by atoms with Gasteiger partial charge in [0, 0.05) is 24.0 Å². The molecule has 2 saturated heterocycles. The molecule has 0 atom stereocenters. The summed E-state index contributed by atoms with van der Waals surface area (Å²) in [5, 5.41) is 11.1. The largest absolute Gasteiger partial charge is 0.416 e. The number of aromatic nitrogens is 3. The van der Waals surface area contributed by atoms with Crippen molar-refractivity contribution < 1.29 is 36.7 Å². The summed E-state index contributed by atoms with van der Waals surface area (Å²) in [6.07, 6.45) is 0.498. The van der Waals surface area contributed by atoms with Crippen molar-refractivity contribution >= 4 is 29.2 Å². The summed E-state index contributed by atoms with van der Waals surface area (Å²) >= 11 is 0. The molecule has 2 aromatic heterocycles. The number of likely N-dealkylation sites (tertiary alicyclic amines) is 1. The van der Waals surface area contributed by atoms with Crippen LogP contribution in [0.3, 0.4) is 0 Å². The Balaban J connectivity index is 1.24. The Kier molecular flexibility index (Phi) is 7.48. The second-order valence-corrected chi connectivity index (χ2v) is 9.60. The zero-order valence-corrected chi connectivity index (χ0v) is 20.8. The van der Waals surface area contributed by atoms with Crippen LogP contribution in [-0.2, 0) is 22.3 Å². The van der Waals surface area contributed by atoms with Crippen LogP contribution >= 0.6 is 0 Å². The lowest BCUT2D eigenvalue weighted by molar-refractivity contribution is -0.755. The molecule has 2 aliphatic heterocycles.